The van der Waals surface area contributed by atoms with Gasteiger partial charge in [0.25, 0.3) is 0 Å². The molecule has 23 heavy (non-hydrogen) atoms. The molecule has 0 bridgehead atoms. The van der Waals surface area contributed by atoms with Crippen LogP contribution in [0.25, 0.3) is 0 Å². The number of ether oxygens (including phenoxy) is 3. The summed E-state index contributed by atoms with van der Waals surface area (Å²) in [5.74, 6) is -0.0193. The van der Waals surface area contributed by atoms with Gasteiger partial charge < -0.3 is 14.2 Å². The molecule has 0 aliphatic carbocycles. The van der Waals surface area contributed by atoms with Crippen LogP contribution in [0.2, 0.25) is 0 Å². The summed E-state index contributed by atoms with van der Waals surface area (Å²) in [6.07, 6.45) is -0.753. The second kappa shape index (κ2) is 7.45. The van der Waals surface area contributed by atoms with Gasteiger partial charge in [0.2, 0.25) is 0 Å². The van der Waals surface area contributed by atoms with Crippen LogP contribution >= 0.6 is 0 Å². The van der Waals surface area contributed by atoms with E-state index in [1.807, 2.05) is 25.1 Å². The van der Waals surface area contributed by atoms with Crippen LogP contribution in [0.15, 0.2) is 48.5 Å². The van der Waals surface area contributed by atoms with Crippen molar-refractivity contribution in [2.24, 2.45) is 0 Å². The molecular formula is C18H18O5. The van der Waals surface area contributed by atoms with E-state index in [1.165, 1.54) is 31.4 Å². The number of methoxy groups -OCH3 is 1. The lowest BCUT2D eigenvalue weighted by molar-refractivity contribution is -0.141. The second-order valence-corrected chi connectivity index (χ2v) is 5.01. The number of benzene rings is 2. The highest BCUT2D eigenvalue weighted by molar-refractivity contribution is 5.89. The van der Waals surface area contributed by atoms with Crippen LogP contribution in [0, 0.1) is 6.92 Å². The van der Waals surface area contributed by atoms with Crippen molar-refractivity contribution in [2.45, 2.75) is 20.0 Å². The predicted molar refractivity (Wildman–Crippen MR) is 84.7 cm³/mol. The maximum absolute atomic E-state index is 12.0. The maximum atomic E-state index is 12.0. The van der Waals surface area contributed by atoms with Crippen molar-refractivity contribution in [3.05, 3.63) is 59.7 Å². The topological polar surface area (TPSA) is 61.8 Å². The van der Waals surface area contributed by atoms with E-state index >= 15 is 0 Å². The van der Waals surface area contributed by atoms with Crippen LogP contribution in [0.1, 0.15) is 22.8 Å². The van der Waals surface area contributed by atoms with Crippen LogP contribution < -0.4 is 9.47 Å². The molecule has 0 saturated heterocycles. The van der Waals surface area contributed by atoms with Crippen molar-refractivity contribution < 1.29 is 23.8 Å². The van der Waals surface area contributed by atoms with E-state index in [4.69, 9.17) is 9.47 Å². The van der Waals surface area contributed by atoms with Gasteiger partial charge in [-0.1, -0.05) is 12.1 Å². The molecule has 1 atom stereocenters. The lowest BCUT2D eigenvalue weighted by Gasteiger charge is -2.14. The fraction of sp³-hybridized carbons (Fsp3) is 0.222. The second-order valence-electron chi connectivity index (χ2n) is 5.01. The third-order valence-corrected chi connectivity index (χ3v) is 3.13. The number of carbonyl (C=O) groups is 2. The van der Waals surface area contributed by atoms with Crippen molar-refractivity contribution in [3.63, 3.8) is 0 Å². The number of hydrogen-bond acceptors (Lipinski definition) is 5. The molecule has 0 aromatic heterocycles. The summed E-state index contributed by atoms with van der Waals surface area (Å²) in [5, 5.41) is 0. The Bertz CT molecular complexity index is 691. The van der Waals surface area contributed by atoms with Crippen molar-refractivity contribution in [3.8, 4) is 11.5 Å². The van der Waals surface area contributed by atoms with Crippen molar-refractivity contribution in [2.75, 3.05) is 7.11 Å². The van der Waals surface area contributed by atoms with Gasteiger partial charge in [-0.2, -0.15) is 0 Å². The molecule has 0 aliphatic heterocycles. The Hall–Kier alpha value is -2.82. The molecule has 5 nitrogen and oxygen atoms in total. The van der Waals surface area contributed by atoms with Crippen molar-refractivity contribution in [1.29, 1.82) is 0 Å². The molecule has 0 fully saturated rings. The highest BCUT2D eigenvalue weighted by Gasteiger charge is 2.17. The smallest absolute Gasteiger partial charge is 0.352 e. The molecule has 0 amide bonds. The standard InChI is InChI=1S/C18H18O5/c1-12-5-4-6-16(11-12)22-13(2)17(19)23-15-9-7-14(8-10-15)18(20)21-3/h4-11,13H,1-3H3/t13-/m1/s1. The van der Waals surface area contributed by atoms with Gasteiger partial charge in [0.1, 0.15) is 11.5 Å². The number of aryl methyl sites for hydroxylation is 1. The molecule has 0 aliphatic rings. The Morgan fingerprint density at radius 1 is 1.00 bits per heavy atom. The molecule has 0 heterocycles. The van der Waals surface area contributed by atoms with E-state index in [0.29, 0.717) is 17.1 Å². The van der Waals surface area contributed by atoms with E-state index in [0.717, 1.165) is 5.56 Å². The highest BCUT2D eigenvalue weighted by Crippen LogP contribution is 2.17. The van der Waals surface area contributed by atoms with Crippen LogP contribution in [0.5, 0.6) is 11.5 Å². The number of rotatable bonds is 5. The highest BCUT2D eigenvalue weighted by atomic mass is 16.6. The summed E-state index contributed by atoms with van der Waals surface area (Å²) < 4.78 is 15.4. The lowest BCUT2D eigenvalue weighted by Crippen LogP contribution is -2.28. The molecule has 0 radical (unpaired) electrons. The zero-order valence-electron chi connectivity index (χ0n) is 13.2. The van der Waals surface area contributed by atoms with Crippen LogP contribution in [0.3, 0.4) is 0 Å². The summed E-state index contributed by atoms with van der Waals surface area (Å²) in [4.78, 5) is 23.4. The average molecular weight is 314 g/mol. The van der Waals surface area contributed by atoms with Gasteiger partial charge >= 0.3 is 11.9 Å². The predicted octanol–water partition coefficient (Wildman–Crippen LogP) is 3.15. The summed E-state index contributed by atoms with van der Waals surface area (Å²) in [6, 6.07) is 13.5. The van der Waals surface area contributed by atoms with Gasteiger partial charge in [-0.3, -0.25) is 0 Å². The Kier molecular flexibility index (Phi) is 5.36. The van der Waals surface area contributed by atoms with Crippen molar-refractivity contribution >= 4 is 11.9 Å². The van der Waals surface area contributed by atoms with Gasteiger partial charge in [-0.25, -0.2) is 9.59 Å². The number of carbonyl (C=O) groups excluding carboxylic acids is 2. The van der Waals surface area contributed by atoms with Gasteiger partial charge in [0.15, 0.2) is 6.10 Å². The summed E-state index contributed by atoms with van der Waals surface area (Å²) >= 11 is 0. The normalized spacial score (nSPS) is 11.4. The monoisotopic (exact) mass is 314 g/mol. The van der Waals surface area contributed by atoms with E-state index in [1.54, 1.807) is 13.0 Å². The third-order valence-electron chi connectivity index (χ3n) is 3.13. The quantitative estimate of drug-likeness (QED) is 0.626. The number of esters is 2. The molecule has 0 saturated carbocycles. The first kappa shape index (κ1) is 16.5. The minimum absolute atomic E-state index is 0.336. The summed E-state index contributed by atoms with van der Waals surface area (Å²) in [5.41, 5.74) is 1.43. The van der Waals surface area contributed by atoms with Crippen LogP contribution in [0.4, 0.5) is 0 Å². The molecule has 2 aromatic rings. The SMILES string of the molecule is COC(=O)c1ccc(OC(=O)[C@@H](C)Oc2cccc(C)c2)cc1. The van der Waals surface area contributed by atoms with Crippen LogP contribution in [-0.2, 0) is 9.53 Å². The summed E-state index contributed by atoms with van der Waals surface area (Å²) in [7, 11) is 1.31. The zero-order chi connectivity index (χ0) is 16.8. The molecule has 5 heteroatoms. The number of hydrogen-bond donors (Lipinski definition) is 0. The first-order valence-electron chi connectivity index (χ1n) is 7.13. The van der Waals surface area contributed by atoms with E-state index < -0.39 is 18.0 Å². The molecule has 0 spiro atoms. The van der Waals surface area contributed by atoms with Gasteiger partial charge in [0.05, 0.1) is 12.7 Å². The fourth-order valence-corrected chi connectivity index (χ4v) is 1.92. The van der Waals surface area contributed by atoms with Gasteiger partial charge in [-0.05, 0) is 55.8 Å². The van der Waals surface area contributed by atoms with Crippen LogP contribution in [-0.4, -0.2) is 25.2 Å². The Morgan fingerprint density at radius 3 is 2.30 bits per heavy atom. The minimum Gasteiger partial charge on any atom is -0.479 e. The summed E-state index contributed by atoms with van der Waals surface area (Å²) in [6.45, 7) is 3.56. The maximum Gasteiger partial charge on any atom is 0.352 e. The van der Waals surface area contributed by atoms with E-state index in [9.17, 15) is 9.59 Å². The zero-order valence-corrected chi connectivity index (χ0v) is 13.2. The Balaban J connectivity index is 1.96. The molecule has 2 aromatic carbocycles. The lowest BCUT2D eigenvalue weighted by atomic mass is 10.2. The van der Waals surface area contributed by atoms with Crippen molar-refractivity contribution in [1.82, 2.24) is 0 Å². The fourth-order valence-electron chi connectivity index (χ4n) is 1.92. The molecular weight excluding hydrogens is 296 g/mol. The third kappa shape index (κ3) is 4.57. The molecule has 0 unspecified atom stereocenters. The van der Waals surface area contributed by atoms with Gasteiger partial charge in [0, 0.05) is 0 Å². The average Bonchev–Trinajstić information content (AvgIpc) is 2.54. The first-order chi connectivity index (χ1) is 11.0. The minimum atomic E-state index is -0.753. The molecule has 120 valence electrons. The first-order valence-corrected chi connectivity index (χ1v) is 7.13. The van der Waals surface area contributed by atoms with E-state index in [2.05, 4.69) is 4.74 Å². The largest absolute Gasteiger partial charge is 0.479 e. The molecule has 0 N–H and O–H groups in total. The van der Waals surface area contributed by atoms with Gasteiger partial charge in [-0.15, -0.1) is 0 Å². The Labute approximate surface area is 134 Å². The molecule has 2 rings (SSSR count). The Morgan fingerprint density at radius 2 is 1.70 bits per heavy atom. The van der Waals surface area contributed by atoms with E-state index in [-0.39, 0.29) is 0 Å².